The molecule has 1 rings (SSSR count). The quantitative estimate of drug-likeness (QED) is 0.543. The molecule has 0 aromatic heterocycles. The Kier molecular flexibility index (Phi) is 4.50. The molecule has 11 heavy (non-hydrogen) atoms. The van der Waals surface area contributed by atoms with Gasteiger partial charge in [0.15, 0.2) is 0 Å². The fraction of sp³-hybridized carbons (Fsp3) is 0.667. The number of aliphatic imine (C=N–C) groups is 1. The van der Waals surface area contributed by atoms with Crippen LogP contribution >= 0.6 is 11.8 Å². The average molecular weight is 171 g/mol. The number of hydrogen-bond donors (Lipinski definition) is 0. The summed E-state index contributed by atoms with van der Waals surface area (Å²) >= 11 is 1.69. The van der Waals surface area contributed by atoms with Gasteiger partial charge in [-0.15, -0.1) is 0 Å². The van der Waals surface area contributed by atoms with Gasteiger partial charge in [-0.25, -0.2) is 0 Å². The van der Waals surface area contributed by atoms with Crippen molar-refractivity contribution in [2.24, 2.45) is 4.99 Å². The lowest BCUT2D eigenvalue weighted by molar-refractivity contribution is 0.659. The van der Waals surface area contributed by atoms with Crippen molar-refractivity contribution in [3.8, 4) is 0 Å². The van der Waals surface area contributed by atoms with Crippen LogP contribution in [0.4, 0.5) is 0 Å². The fourth-order valence-electron chi connectivity index (χ4n) is 0.768. The van der Waals surface area contributed by atoms with Crippen LogP contribution < -0.4 is 0 Å². The Hall–Kier alpha value is -0.240. The van der Waals surface area contributed by atoms with Crippen molar-refractivity contribution in [3.05, 3.63) is 11.5 Å². The van der Waals surface area contributed by atoms with Crippen LogP contribution in [0.5, 0.6) is 0 Å². The molecule has 0 atom stereocenters. The molecule has 1 aliphatic heterocycles. The van der Waals surface area contributed by atoms with E-state index < -0.39 is 0 Å². The van der Waals surface area contributed by atoms with Gasteiger partial charge in [-0.1, -0.05) is 31.7 Å². The van der Waals surface area contributed by atoms with Crippen LogP contribution in [0, 0.1) is 0 Å². The Morgan fingerprint density at radius 3 is 2.18 bits per heavy atom. The highest BCUT2D eigenvalue weighted by Gasteiger charge is 2.14. The van der Waals surface area contributed by atoms with Crippen LogP contribution in [0.3, 0.4) is 0 Å². The number of nitrogens with zero attached hydrogens (tertiary/aromatic N) is 1. The summed E-state index contributed by atoms with van der Waals surface area (Å²) in [6.07, 6.45) is 2.12. The third-order valence-corrected chi connectivity index (χ3v) is 1.86. The molecule has 2 heteroatoms. The molecule has 1 heterocycles. The van der Waals surface area contributed by atoms with Gasteiger partial charge >= 0.3 is 0 Å². The Bertz CT molecular complexity index is 168. The highest BCUT2D eigenvalue weighted by molar-refractivity contribution is 8.16. The Morgan fingerprint density at radius 2 is 1.91 bits per heavy atom. The van der Waals surface area contributed by atoms with Crippen LogP contribution in [0.1, 0.15) is 34.6 Å². The van der Waals surface area contributed by atoms with Crippen molar-refractivity contribution in [1.82, 2.24) is 0 Å². The van der Waals surface area contributed by atoms with Crippen LogP contribution in [-0.2, 0) is 0 Å². The largest absolute Gasteiger partial charge is 0.273 e. The number of rotatable bonds is 0. The standard InChI is InChI=1S/C7H11NS.C2H6/c1-6-8-7(2,3)4-5-9-6;1-2/h4-5H,1-3H3;1-2H3. The smallest absolute Gasteiger partial charge is 0.0749 e. The Balaban J connectivity index is 0.000000461. The summed E-state index contributed by atoms with van der Waals surface area (Å²) in [5.41, 5.74) is 0.0370. The molecule has 0 aromatic carbocycles. The second-order valence-electron chi connectivity index (χ2n) is 2.71. The van der Waals surface area contributed by atoms with E-state index in [-0.39, 0.29) is 5.54 Å². The number of hydrogen-bond acceptors (Lipinski definition) is 2. The first kappa shape index (κ1) is 10.8. The predicted octanol–water partition coefficient (Wildman–Crippen LogP) is 3.47. The molecule has 0 radical (unpaired) electrons. The van der Waals surface area contributed by atoms with E-state index in [2.05, 4.69) is 30.3 Å². The zero-order chi connectivity index (χ0) is 8.91. The minimum absolute atomic E-state index is 0.0370. The minimum Gasteiger partial charge on any atom is -0.273 e. The molecular weight excluding hydrogens is 154 g/mol. The van der Waals surface area contributed by atoms with Crippen LogP contribution in [-0.4, -0.2) is 10.6 Å². The first-order chi connectivity index (χ1) is 5.10. The van der Waals surface area contributed by atoms with Crippen molar-refractivity contribution in [2.45, 2.75) is 40.2 Å². The van der Waals surface area contributed by atoms with E-state index in [1.165, 1.54) is 0 Å². The molecule has 1 nitrogen and oxygen atoms in total. The van der Waals surface area contributed by atoms with E-state index >= 15 is 0 Å². The lowest BCUT2D eigenvalue weighted by atomic mass is 10.1. The SMILES string of the molecule is CC.CC1=NC(C)(C)C=CS1. The zero-order valence-corrected chi connectivity index (χ0v) is 8.83. The molecule has 1 aliphatic rings. The highest BCUT2D eigenvalue weighted by Crippen LogP contribution is 2.22. The summed E-state index contributed by atoms with van der Waals surface area (Å²) in [7, 11) is 0. The van der Waals surface area contributed by atoms with Gasteiger partial charge in [0.1, 0.15) is 0 Å². The van der Waals surface area contributed by atoms with Gasteiger partial charge in [-0.2, -0.15) is 0 Å². The molecule has 0 fully saturated rings. The average Bonchev–Trinajstić information content (AvgIpc) is 1.89. The summed E-state index contributed by atoms with van der Waals surface area (Å²) < 4.78 is 0. The lowest BCUT2D eigenvalue weighted by Gasteiger charge is -2.18. The summed E-state index contributed by atoms with van der Waals surface area (Å²) in [6.45, 7) is 10.2. The first-order valence-electron chi connectivity index (χ1n) is 4.01. The Morgan fingerprint density at radius 1 is 1.36 bits per heavy atom. The first-order valence-corrected chi connectivity index (χ1v) is 4.89. The van der Waals surface area contributed by atoms with E-state index in [0.717, 1.165) is 5.04 Å². The van der Waals surface area contributed by atoms with Gasteiger partial charge in [0, 0.05) is 0 Å². The van der Waals surface area contributed by atoms with Crippen molar-refractivity contribution in [1.29, 1.82) is 0 Å². The molecule has 0 aliphatic carbocycles. The molecule has 0 amide bonds. The molecular formula is C9H17NS. The van der Waals surface area contributed by atoms with Crippen molar-refractivity contribution in [2.75, 3.05) is 0 Å². The second-order valence-corrected chi connectivity index (χ2v) is 3.80. The van der Waals surface area contributed by atoms with Crippen molar-refractivity contribution in [3.63, 3.8) is 0 Å². The van der Waals surface area contributed by atoms with Crippen molar-refractivity contribution < 1.29 is 0 Å². The summed E-state index contributed by atoms with van der Waals surface area (Å²) in [5, 5.41) is 3.25. The Labute approximate surface area is 74.0 Å². The molecule has 0 saturated heterocycles. The summed E-state index contributed by atoms with van der Waals surface area (Å²) in [5.74, 6) is 0. The molecule has 0 saturated carbocycles. The normalized spacial score (nSPS) is 19.9. The van der Waals surface area contributed by atoms with E-state index in [0.29, 0.717) is 0 Å². The van der Waals surface area contributed by atoms with Crippen molar-refractivity contribution >= 4 is 16.8 Å². The third kappa shape index (κ3) is 4.25. The van der Waals surface area contributed by atoms with Gasteiger partial charge in [-0.05, 0) is 26.2 Å². The molecule has 64 valence electrons. The van der Waals surface area contributed by atoms with Gasteiger partial charge in [0.2, 0.25) is 0 Å². The molecule has 0 N–H and O–H groups in total. The van der Waals surface area contributed by atoms with Gasteiger partial charge in [0.25, 0.3) is 0 Å². The van der Waals surface area contributed by atoms with Gasteiger partial charge in [0.05, 0.1) is 10.6 Å². The van der Waals surface area contributed by atoms with E-state index in [4.69, 9.17) is 0 Å². The van der Waals surface area contributed by atoms with Gasteiger partial charge < -0.3 is 0 Å². The maximum Gasteiger partial charge on any atom is 0.0749 e. The van der Waals surface area contributed by atoms with E-state index in [9.17, 15) is 0 Å². The van der Waals surface area contributed by atoms with E-state index in [1.54, 1.807) is 11.8 Å². The van der Waals surface area contributed by atoms with E-state index in [1.807, 2.05) is 20.8 Å². The monoisotopic (exact) mass is 171 g/mol. The van der Waals surface area contributed by atoms with Crippen LogP contribution in [0.15, 0.2) is 16.5 Å². The molecule has 0 aromatic rings. The number of thioether (sulfide) groups is 1. The maximum absolute atomic E-state index is 4.41. The fourth-order valence-corrected chi connectivity index (χ4v) is 1.65. The molecule has 0 bridgehead atoms. The maximum atomic E-state index is 4.41. The lowest BCUT2D eigenvalue weighted by Crippen LogP contribution is -2.15. The highest BCUT2D eigenvalue weighted by atomic mass is 32.2. The second kappa shape index (κ2) is 4.60. The summed E-state index contributed by atoms with van der Waals surface area (Å²) in [6, 6.07) is 0. The summed E-state index contributed by atoms with van der Waals surface area (Å²) in [4.78, 5) is 4.41. The van der Waals surface area contributed by atoms with Crippen LogP contribution in [0.2, 0.25) is 0 Å². The van der Waals surface area contributed by atoms with Gasteiger partial charge in [-0.3, -0.25) is 4.99 Å². The third-order valence-electron chi connectivity index (χ3n) is 1.16. The molecule has 0 spiro atoms. The van der Waals surface area contributed by atoms with Crippen LogP contribution in [0.25, 0.3) is 0 Å². The topological polar surface area (TPSA) is 12.4 Å². The minimum atomic E-state index is 0.0370. The zero-order valence-electron chi connectivity index (χ0n) is 8.01. The predicted molar refractivity (Wildman–Crippen MR) is 55.3 cm³/mol. The molecule has 0 unspecified atom stereocenters.